The monoisotopic (exact) mass is 478 g/mol. The number of nitrogens with zero attached hydrogens (tertiary/aromatic N) is 1. The van der Waals surface area contributed by atoms with E-state index in [1.54, 1.807) is 35.2 Å². The number of sulfonamides is 1. The minimum Gasteiger partial charge on any atom is -0.308 e. The van der Waals surface area contributed by atoms with Gasteiger partial charge in [-0.3, -0.25) is 4.79 Å². The summed E-state index contributed by atoms with van der Waals surface area (Å²) in [6, 6.07) is 15.4. The topological polar surface area (TPSA) is 66.5 Å². The summed E-state index contributed by atoms with van der Waals surface area (Å²) >= 11 is 11.6. The Hall–Kier alpha value is -2.45. The molecule has 1 aliphatic heterocycles. The molecule has 3 aromatic rings. The molecule has 0 aromatic heterocycles. The van der Waals surface area contributed by atoms with Crippen LogP contribution in [0.4, 0.5) is 10.1 Å². The van der Waals surface area contributed by atoms with E-state index in [0.717, 1.165) is 35.0 Å². The molecular formula is C22H17Cl2FN2O3S. The molecule has 160 valence electrons. The highest BCUT2D eigenvalue weighted by atomic mass is 35.5. The van der Waals surface area contributed by atoms with Gasteiger partial charge in [0.15, 0.2) is 0 Å². The first-order valence-electron chi connectivity index (χ1n) is 9.38. The molecule has 3 aromatic carbocycles. The Balaban J connectivity index is 1.48. The third-order valence-electron chi connectivity index (χ3n) is 5.04. The number of carbonyl (C=O) groups is 1. The second kappa shape index (κ2) is 8.59. The van der Waals surface area contributed by atoms with Crippen molar-refractivity contribution in [1.82, 2.24) is 4.72 Å². The van der Waals surface area contributed by atoms with Crippen molar-refractivity contribution >= 4 is 44.8 Å². The predicted molar refractivity (Wildman–Crippen MR) is 119 cm³/mol. The Kier molecular flexibility index (Phi) is 6.03. The number of benzene rings is 3. The molecule has 9 heteroatoms. The zero-order valence-corrected chi connectivity index (χ0v) is 18.4. The molecule has 1 heterocycles. The fourth-order valence-electron chi connectivity index (χ4n) is 3.43. The maximum absolute atomic E-state index is 13.3. The van der Waals surface area contributed by atoms with Gasteiger partial charge in [0.1, 0.15) is 5.82 Å². The van der Waals surface area contributed by atoms with E-state index >= 15 is 0 Å². The van der Waals surface area contributed by atoms with Crippen LogP contribution in [0, 0.1) is 5.82 Å². The van der Waals surface area contributed by atoms with Crippen LogP contribution in [0.3, 0.4) is 0 Å². The first-order valence-corrected chi connectivity index (χ1v) is 11.6. The number of nitrogens with one attached hydrogen (secondary N) is 1. The van der Waals surface area contributed by atoms with Crippen molar-refractivity contribution in [3.63, 3.8) is 0 Å². The number of rotatable bonds is 5. The SMILES string of the molecule is O=C(c1ccc(Cl)cc1)N1CCc2cc(CNS(=O)(=O)c3ccc(F)c(Cl)c3)ccc21. The van der Waals surface area contributed by atoms with Crippen molar-refractivity contribution < 1.29 is 17.6 Å². The molecule has 0 radical (unpaired) electrons. The highest BCUT2D eigenvalue weighted by Gasteiger charge is 2.26. The number of fused-ring (bicyclic) bond motifs is 1. The zero-order chi connectivity index (χ0) is 22.2. The average molecular weight is 479 g/mol. The minimum atomic E-state index is -3.85. The van der Waals surface area contributed by atoms with Gasteiger partial charge in [0.05, 0.1) is 9.92 Å². The lowest BCUT2D eigenvalue weighted by molar-refractivity contribution is 0.0989. The quantitative estimate of drug-likeness (QED) is 0.571. The number of amides is 1. The zero-order valence-electron chi connectivity index (χ0n) is 16.1. The third kappa shape index (κ3) is 4.60. The van der Waals surface area contributed by atoms with E-state index in [2.05, 4.69) is 4.72 Å². The van der Waals surface area contributed by atoms with Crippen LogP contribution >= 0.6 is 23.2 Å². The van der Waals surface area contributed by atoms with Gasteiger partial charge in [-0.15, -0.1) is 0 Å². The lowest BCUT2D eigenvalue weighted by atomic mass is 10.1. The first-order chi connectivity index (χ1) is 14.7. The Morgan fingerprint density at radius 3 is 2.48 bits per heavy atom. The van der Waals surface area contributed by atoms with E-state index in [1.807, 2.05) is 12.1 Å². The van der Waals surface area contributed by atoms with Gasteiger partial charge in [0.25, 0.3) is 5.91 Å². The largest absolute Gasteiger partial charge is 0.308 e. The number of anilines is 1. The normalized spacial score (nSPS) is 13.3. The predicted octanol–water partition coefficient (Wildman–Crippen LogP) is 4.81. The lowest BCUT2D eigenvalue weighted by Gasteiger charge is -2.18. The van der Waals surface area contributed by atoms with E-state index in [4.69, 9.17) is 23.2 Å². The third-order valence-corrected chi connectivity index (χ3v) is 6.98. The van der Waals surface area contributed by atoms with Crippen molar-refractivity contribution in [2.45, 2.75) is 17.9 Å². The van der Waals surface area contributed by atoms with E-state index < -0.39 is 15.8 Å². The van der Waals surface area contributed by atoms with Crippen LogP contribution in [0.15, 0.2) is 65.6 Å². The van der Waals surface area contributed by atoms with Crippen LogP contribution in [-0.2, 0) is 23.0 Å². The standard InChI is InChI=1S/C22H17Cl2FN2O3S/c23-17-4-2-15(3-5-17)22(28)27-10-9-16-11-14(1-8-21(16)27)13-26-31(29,30)18-6-7-20(25)19(24)12-18/h1-8,11-12,26H,9-10,13H2. The van der Waals surface area contributed by atoms with Crippen molar-refractivity contribution in [2.75, 3.05) is 11.4 Å². The fraction of sp³-hybridized carbons (Fsp3) is 0.136. The molecule has 0 fully saturated rings. The van der Waals surface area contributed by atoms with E-state index in [-0.39, 0.29) is 22.4 Å². The van der Waals surface area contributed by atoms with Gasteiger partial charge in [0, 0.05) is 29.4 Å². The summed E-state index contributed by atoms with van der Waals surface area (Å²) in [6.07, 6.45) is 0.669. The lowest BCUT2D eigenvalue weighted by Crippen LogP contribution is -2.28. The molecule has 0 bridgehead atoms. The van der Waals surface area contributed by atoms with Crippen LogP contribution in [0.1, 0.15) is 21.5 Å². The van der Waals surface area contributed by atoms with Gasteiger partial charge in [-0.25, -0.2) is 17.5 Å². The van der Waals surface area contributed by atoms with E-state index in [9.17, 15) is 17.6 Å². The number of hydrogen-bond donors (Lipinski definition) is 1. The number of carbonyl (C=O) groups excluding carboxylic acids is 1. The van der Waals surface area contributed by atoms with Gasteiger partial charge in [-0.2, -0.15) is 0 Å². The smallest absolute Gasteiger partial charge is 0.258 e. The van der Waals surface area contributed by atoms with Crippen LogP contribution in [0.5, 0.6) is 0 Å². The molecule has 0 saturated carbocycles. The molecule has 1 N–H and O–H groups in total. The van der Waals surface area contributed by atoms with E-state index in [1.165, 1.54) is 0 Å². The Morgan fingerprint density at radius 1 is 1.03 bits per heavy atom. The average Bonchev–Trinajstić information content (AvgIpc) is 3.17. The number of hydrogen-bond acceptors (Lipinski definition) is 3. The van der Waals surface area contributed by atoms with Crippen molar-refractivity contribution in [1.29, 1.82) is 0 Å². The Labute approximate surface area is 189 Å². The molecular weight excluding hydrogens is 462 g/mol. The summed E-state index contributed by atoms with van der Waals surface area (Å²) in [5.41, 5.74) is 3.06. The van der Waals surface area contributed by atoms with Gasteiger partial charge >= 0.3 is 0 Å². The summed E-state index contributed by atoms with van der Waals surface area (Å²) in [5.74, 6) is -0.797. The molecule has 1 amide bonds. The van der Waals surface area contributed by atoms with E-state index in [0.29, 0.717) is 23.6 Å². The second-order valence-corrected chi connectivity index (χ2v) is 9.69. The summed E-state index contributed by atoms with van der Waals surface area (Å²) in [6.45, 7) is 0.593. The summed E-state index contributed by atoms with van der Waals surface area (Å²) in [7, 11) is -3.85. The van der Waals surface area contributed by atoms with Gasteiger partial charge in [-0.05, 0) is 66.1 Å². The highest BCUT2D eigenvalue weighted by molar-refractivity contribution is 7.89. The Bertz CT molecular complexity index is 1260. The fourth-order valence-corrected chi connectivity index (χ4v) is 4.84. The minimum absolute atomic E-state index is 0.0513. The van der Waals surface area contributed by atoms with Gasteiger partial charge < -0.3 is 4.90 Å². The van der Waals surface area contributed by atoms with Crippen molar-refractivity contribution in [3.8, 4) is 0 Å². The van der Waals surface area contributed by atoms with Crippen LogP contribution in [0.25, 0.3) is 0 Å². The van der Waals surface area contributed by atoms with Crippen LogP contribution in [0.2, 0.25) is 10.0 Å². The molecule has 0 saturated heterocycles. The van der Waals surface area contributed by atoms with Crippen LogP contribution in [-0.4, -0.2) is 20.9 Å². The summed E-state index contributed by atoms with van der Waals surface area (Å²) < 4.78 is 40.7. The van der Waals surface area contributed by atoms with Crippen molar-refractivity contribution in [2.24, 2.45) is 0 Å². The summed E-state index contributed by atoms with van der Waals surface area (Å²) in [4.78, 5) is 14.4. The van der Waals surface area contributed by atoms with Crippen LogP contribution < -0.4 is 9.62 Å². The summed E-state index contributed by atoms with van der Waals surface area (Å²) in [5, 5.41) is 0.305. The van der Waals surface area contributed by atoms with Crippen molar-refractivity contribution in [3.05, 3.63) is 93.2 Å². The van der Waals surface area contributed by atoms with Gasteiger partial charge in [-0.1, -0.05) is 35.3 Å². The highest BCUT2D eigenvalue weighted by Crippen LogP contribution is 2.30. The molecule has 5 nitrogen and oxygen atoms in total. The molecule has 31 heavy (non-hydrogen) atoms. The molecule has 0 atom stereocenters. The number of halogens is 3. The molecule has 0 aliphatic carbocycles. The maximum atomic E-state index is 13.3. The molecule has 4 rings (SSSR count). The first kappa shape index (κ1) is 21.8. The molecule has 0 unspecified atom stereocenters. The Morgan fingerprint density at radius 2 is 1.77 bits per heavy atom. The molecule has 0 spiro atoms. The second-order valence-electron chi connectivity index (χ2n) is 7.08. The maximum Gasteiger partial charge on any atom is 0.258 e. The van der Waals surface area contributed by atoms with Gasteiger partial charge in [0.2, 0.25) is 10.0 Å². The molecule has 1 aliphatic rings.